The van der Waals surface area contributed by atoms with Crippen molar-refractivity contribution in [2.24, 2.45) is 0 Å². The van der Waals surface area contributed by atoms with Gasteiger partial charge in [0.05, 0.1) is 0 Å². The lowest BCUT2D eigenvalue weighted by Crippen LogP contribution is -2.51. The maximum Gasteiger partial charge on any atom is 0.119 e. The molecule has 2 unspecified atom stereocenters. The van der Waals surface area contributed by atoms with E-state index < -0.39 is 40.5 Å². The molecule has 0 aliphatic heterocycles. The Hall–Kier alpha value is -4.30. The lowest BCUT2D eigenvalue weighted by molar-refractivity contribution is 1.51. The molecule has 0 N–H and O–H groups in total. The van der Waals surface area contributed by atoms with Crippen molar-refractivity contribution in [3.05, 3.63) is 231 Å². The lowest BCUT2D eigenvalue weighted by atomic mass is 10.3. The molecule has 1 radical (unpaired) electrons. The van der Waals surface area contributed by atoms with E-state index in [0.29, 0.717) is 0 Å². The molecule has 0 aliphatic carbocycles. The number of hydrogen-bond acceptors (Lipinski definition) is 0. The van der Waals surface area contributed by atoms with E-state index in [-0.39, 0.29) is 0 Å². The Balaban J connectivity index is 1.16. The maximum absolute atomic E-state index is 2.57. The van der Waals surface area contributed by atoms with E-state index in [1.165, 1.54) is 31.8 Å². The quantitative estimate of drug-likeness (QED) is 0.0674. The van der Waals surface area contributed by atoms with Gasteiger partial charge in [0, 0.05) is 0 Å². The van der Waals surface area contributed by atoms with Crippen molar-refractivity contribution in [2.45, 2.75) is 6.55 Å². The molecular weight excluding hydrogens is 789 g/mol. The summed E-state index contributed by atoms with van der Waals surface area (Å²) in [5, 5.41) is 15.1. The van der Waals surface area contributed by atoms with E-state index in [2.05, 4.69) is 237 Å². The lowest BCUT2D eigenvalue weighted by Gasteiger charge is -2.29. The van der Waals surface area contributed by atoms with Gasteiger partial charge in [0.15, 0.2) is 0 Å². The molecule has 8 rings (SSSR count). The van der Waals surface area contributed by atoms with Gasteiger partial charge < -0.3 is 0 Å². The van der Waals surface area contributed by atoms with E-state index in [1.54, 1.807) is 21.0 Å². The zero-order valence-electron chi connectivity index (χ0n) is 33.1. The topological polar surface area (TPSA) is 0 Å². The van der Waals surface area contributed by atoms with Crippen molar-refractivity contribution in [3.63, 3.8) is 0 Å². The number of benzene rings is 8. The molecule has 5 heteroatoms. The van der Waals surface area contributed by atoms with Gasteiger partial charge in [0.2, 0.25) is 0 Å². The van der Waals surface area contributed by atoms with E-state index in [1.807, 2.05) is 0 Å². The summed E-state index contributed by atoms with van der Waals surface area (Å²) in [5.74, 6) is 0. The Kier molecular flexibility index (Phi) is 14.4. The molecular formula is C53H49P4Si. The maximum atomic E-state index is 2.57. The molecule has 285 valence electrons. The van der Waals surface area contributed by atoms with Crippen LogP contribution in [0.1, 0.15) is 0 Å². The van der Waals surface area contributed by atoms with Crippen LogP contribution in [-0.2, 0) is 0 Å². The summed E-state index contributed by atoms with van der Waals surface area (Å²) >= 11 is 0. The molecule has 58 heavy (non-hydrogen) atoms. The largest absolute Gasteiger partial charge is 0.119 e. The van der Waals surface area contributed by atoms with Crippen LogP contribution in [0.25, 0.3) is 0 Å². The predicted octanol–water partition coefficient (Wildman–Crippen LogP) is 9.06. The predicted molar refractivity (Wildman–Crippen MR) is 267 cm³/mol. The van der Waals surface area contributed by atoms with Crippen LogP contribution in [0.2, 0.25) is 6.55 Å². The Morgan fingerprint density at radius 3 is 0.741 bits per heavy atom. The average molecular weight is 838 g/mol. The molecule has 0 heterocycles. The summed E-state index contributed by atoms with van der Waals surface area (Å²) in [5.41, 5.74) is 0. The molecule has 2 atom stereocenters. The Bertz CT molecular complexity index is 2180. The van der Waals surface area contributed by atoms with Gasteiger partial charge in [-0.2, -0.15) is 0 Å². The second kappa shape index (κ2) is 20.6. The summed E-state index contributed by atoms with van der Waals surface area (Å²) in [6, 6.07) is 86.9. The highest BCUT2D eigenvalue weighted by atomic mass is 31.1. The van der Waals surface area contributed by atoms with Crippen molar-refractivity contribution in [1.29, 1.82) is 0 Å². The van der Waals surface area contributed by atoms with Gasteiger partial charge in [-0.1, -0.05) is 237 Å². The molecule has 0 saturated carbocycles. The van der Waals surface area contributed by atoms with Gasteiger partial charge in [-0.15, -0.1) is 0 Å². The van der Waals surface area contributed by atoms with Crippen LogP contribution in [-0.4, -0.2) is 33.4 Å². The van der Waals surface area contributed by atoms with Crippen LogP contribution in [0.4, 0.5) is 0 Å². The van der Waals surface area contributed by atoms with E-state index in [4.69, 9.17) is 0 Å². The fourth-order valence-electron chi connectivity index (χ4n) is 7.84. The van der Waals surface area contributed by atoms with Crippen molar-refractivity contribution in [3.8, 4) is 0 Å². The summed E-state index contributed by atoms with van der Waals surface area (Å²) in [6.07, 6.45) is 4.63. The Labute approximate surface area is 353 Å². The third-order valence-electron chi connectivity index (χ3n) is 10.7. The highest BCUT2D eigenvalue weighted by Crippen LogP contribution is 2.42. The Morgan fingerprint density at radius 2 is 0.466 bits per heavy atom. The third-order valence-corrected chi connectivity index (χ3v) is 24.5. The van der Waals surface area contributed by atoms with Crippen molar-refractivity contribution < 1.29 is 0 Å². The van der Waals surface area contributed by atoms with Crippen LogP contribution in [0.3, 0.4) is 0 Å². The standard InChI is InChI=1S/C53H49P4Si/c1-58(52-38-22-20-36-50(52)56(48-32-16-6-17-33-48)42-40-54(44-24-8-2-9-25-44)45-26-10-3-11-27-45)53-39-23-21-37-51(53)57(49-34-18-7-19-35-49)43-41-55(46-28-12-4-13-29-46)47-30-14-5-15-31-47/h2-39H,40-43H2,1H3. The fraction of sp³-hybridized carbons (Fsp3) is 0.0943. The smallest absolute Gasteiger partial charge is 0.0628 e. The van der Waals surface area contributed by atoms with Gasteiger partial charge in [0.25, 0.3) is 0 Å². The van der Waals surface area contributed by atoms with Gasteiger partial charge in [-0.05, 0) is 109 Å². The second-order valence-electron chi connectivity index (χ2n) is 14.3. The summed E-state index contributed by atoms with van der Waals surface area (Å²) in [6.45, 7) is 2.57. The second-order valence-corrected chi connectivity index (χ2v) is 25.9. The molecule has 0 amide bonds. The van der Waals surface area contributed by atoms with Crippen LogP contribution in [0.5, 0.6) is 0 Å². The van der Waals surface area contributed by atoms with Crippen molar-refractivity contribution in [2.75, 3.05) is 24.6 Å². The zero-order valence-corrected chi connectivity index (χ0v) is 37.6. The SMILES string of the molecule is C[Si](c1ccccc1P(CCP(c1ccccc1)c1ccccc1)c1ccccc1)c1ccccc1P(CCP(c1ccccc1)c1ccccc1)c1ccccc1. The van der Waals surface area contributed by atoms with Gasteiger partial charge >= 0.3 is 0 Å². The molecule has 0 saturated heterocycles. The molecule has 8 aromatic rings. The minimum Gasteiger partial charge on any atom is -0.0628 e. The third kappa shape index (κ3) is 9.93. The first-order valence-corrected chi connectivity index (χ1v) is 28.3. The first-order valence-electron chi connectivity index (χ1n) is 20.2. The van der Waals surface area contributed by atoms with Crippen LogP contribution in [0, 0.1) is 0 Å². The first kappa shape index (κ1) is 40.5. The van der Waals surface area contributed by atoms with Crippen molar-refractivity contribution >= 4 is 93.3 Å². The van der Waals surface area contributed by atoms with E-state index in [9.17, 15) is 0 Å². The van der Waals surface area contributed by atoms with Crippen molar-refractivity contribution in [1.82, 2.24) is 0 Å². The van der Waals surface area contributed by atoms with Gasteiger partial charge in [-0.3, -0.25) is 0 Å². The molecule has 0 nitrogen and oxygen atoms in total. The molecule has 0 aliphatic rings. The average Bonchev–Trinajstić information content (AvgIpc) is 3.31. The van der Waals surface area contributed by atoms with Gasteiger partial charge in [-0.25, -0.2) is 0 Å². The highest BCUT2D eigenvalue weighted by molar-refractivity contribution is 7.77. The van der Waals surface area contributed by atoms with Crippen LogP contribution >= 0.6 is 31.7 Å². The highest BCUT2D eigenvalue weighted by Gasteiger charge is 2.28. The summed E-state index contributed by atoms with van der Waals surface area (Å²) < 4.78 is 0. The van der Waals surface area contributed by atoms with Gasteiger partial charge in [0.1, 0.15) is 8.80 Å². The fourth-order valence-corrected chi connectivity index (χ4v) is 22.4. The molecule has 0 bridgehead atoms. The number of rotatable bonds is 16. The van der Waals surface area contributed by atoms with E-state index in [0.717, 1.165) is 24.6 Å². The molecule has 0 aromatic heterocycles. The summed E-state index contributed by atoms with van der Waals surface area (Å²) in [4.78, 5) is 0. The van der Waals surface area contributed by atoms with Crippen LogP contribution < -0.4 is 52.8 Å². The molecule has 0 spiro atoms. The normalized spacial score (nSPS) is 12.5. The monoisotopic (exact) mass is 837 g/mol. The molecule has 0 fully saturated rings. The first-order chi connectivity index (χ1) is 28.7. The summed E-state index contributed by atoms with van der Waals surface area (Å²) in [7, 11) is -3.31. The Morgan fingerprint density at radius 1 is 0.259 bits per heavy atom. The van der Waals surface area contributed by atoms with Crippen LogP contribution in [0.15, 0.2) is 231 Å². The minimum atomic E-state index is -1.15. The van der Waals surface area contributed by atoms with E-state index >= 15 is 0 Å². The minimum absolute atomic E-state index is 0.488. The number of hydrogen-bond donors (Lipinski definition) is 0. The zero-order chi connectivity index (χ0) is 39.4. The molecule has 8 aromatic carbocycles.